The van der Waals surface area contributed by atoms with Crippen LogP contribution in [0.2, 0.25) is 0 Å². The van der Waals surface area contributed by atoms with E-state index in [4.69, 9.17) is 4.84 Å². The fraction of sp³-hybridized carbons (Fsp3) is 0.391. The summed E-state index contributed by atoms with van der Waals surface area (Å²) in [5, 5.41) is 15.4. The molecule has 0 saturated heterocycles. The Balaban J connectivity index is 1.53. The van der Waals surface area contributed by atoms with E-state index in [1.165, 1.54) is 5.56 Å². The van der Waals surface area contributed by atoms with Gasteiger partial charge in [-0.1, -0.05) is 43.3 Å². The van der Waals surface area contributed by atoms with Crippen molar-refractivity contribution in [3.8, 4) is 11.1 Å². The van der Waals surface area contributed by atoms with Crippen LogP contribution in [0, 0.1) is 0 Å². The van der Waals surface area contributed by atoms with Gasteiger partial charge in [0.25, 0.3) is 5.91 Å². The quantitative estimate of drug-likeness (QED) is 0.476. The Kier molecular flexibility index (Phi) is 7.43. The van der Waals surface area contributed by atoms with Crippen molar-refractivity contribution in [2.24, 2.45) is 0 Å². The Morgan fingerprint density at radius 3 is 2.20 bits per heavy atom. The van der Waals surface area contributed by atoms with Crippen LogP contribution in [-0.2, 0) is 11.3 Å². The molecule has 160 valence electrons. The molecular formula is C23H29N3O4. The topological polar surface area (TPSA) is 99.7 Å². The van der Waals surface area contributed by atoms with E-state index in [0.717, 1.165) is 30.4 Å². The fourth-order valence-corrected chi connectivity index (χ4v) is 2.96. The summed E-state index contributed by atoms with van der Waals surface area (Å²) < 4.78 is 0. The molecule has 7 nitrogen and oxygen atoms in total. The van der Waals surface area contributed by atoms with Gasteiger partial charge < -0.3 is 20.6 Å². The van der Waals surface area contributed by atoms with Gasteiger partial charge >= 0.3 is 6.09 Å². The van der Waals surface area contributed by atoms with Crippen LogP contribution in [0.25, 0.3) is 11.1 Å². The lowest BCUT2D eigenvalue weighted by Gasteiger charge is -2.21. The molecule has 1 aliphatic rings. The summed E-state index contributed by atoms with van der Waals surface area (Å²) in [7, 11) is 0. The Morgan fingerprint density at radius 2 is 1.67 bits per heavy atom. The van der Waals surface area contributed by atoms with E-state index >= 15 is 0 Å². The lowest BCUT2D eigenvalue weighted by atomic mass is 10.0. The number of aliphatic hydroxyl groups is 1. The molecule has 0 heterocycles. The van der Waals surface area contributed by atoms with Crippen LogP contribution in [0.15, 0.2) is 48.5 Å². The summed E-state index contributed by atoms with van der Waals surface area (Å²) in [5.41, 5.74) is 6.39. The first kappa shape index (κ1) is 21.8. The van der Waals surface area contributed by atoms with Crippen LogP contribution in [0.4, 0.5) is 4.79 Å². The summed E-state index contributed by atoms with van der Waals surface area (Å²) in [6.45, 7) is 3.77. The first-order valence-electron chi connectivity index (χ1n) is 10.3. The average Bonchev–Trinajstić information content (AvgIpc) is 3.57. The number of carbonyl (C=O) groups is 2. The van der Waals surface area contributed by atoms with E-state index < -0.39 is 18.2 Å². The van der Waals surface area contributed by atoms with Crippen molar-refractivity contribution in [2.75, 3.05) is 6.54 Å². The second-order valence-corrected chi connectivity index (χ2v) is 7.60. The molecule has 1 saturated carbocycles. The first-order chi connectivity index (χ1) is 14.5. The number of hydrogen-bond acceptors (Lipinski definition) is 5. The van der Waals surface area contributed by atoms with Gasteiger partial charge in [-0.15, -0.1) is 5.48 Å². The van der Waals surface area contributed by atoms with E-state index in [2.05, 4.69) is 47.3 Å². The van der Waals surface area contributed by atoms with Crippen molar-refractivity contribution >= 4 is 12.0 Å². The summed E-state index contributed by atoms with van der Waals surface area (Å²) >= 11 is 0. The van der Waals surface area contributed by atoms with Crippen LogP contribution >= 0.6 is 0 Å². The largest absolute Gasteiger partial charge is 0.426 e. The molecule has 3 rings (SSSR count). The van der Waals surface area contributed by atoms with E-state index in [1.54, 1.807) is 19.1 Å². The molecule has 1 fully saturated rings. The number of carbonyl (C=O) groups excluding carboxylic acids is 2. The normalized spacial score (nSPS) is 15.2. The predicted molar refractivity (Wildman–Crippen MR) is 115 cm³/mol. The van der Waals surface area contributed by atoms with Gasteiger partial charge in [-0.25, -0.2) is 4.79 Å². The standard InChI is InChI=1S/C23H29N3O4/c1-3-16-4-6-17(7-5-16)18-8-10-19(11-9-18)22(28)26-21(15(2)27)14-24-30-23(29)25-20-12-13-20/h4-11,15,20-21,24,27H,3,12-14H2,1-2H3,(H,25,29)(H,26,28)/t15-,21-/m1/s1. The summed E-state index contributed by atoms with van der Waals surface area (Å²) in [4.78, 5) is 29.0. The molecule has 30 heavy (non-hydrogen) atoms. The summed E-state index contributed by atoms with van der Waals surface area (Å²) in [6, 6.07) is 15.2. The summed E-state index contributed by atoms with van der Waals surface area (Å²) in [5.74, 6) is -0.307. The molecule has 2 amide bonds. The fourth-order valence-electron chi connectivity index (χ4n) is 2.96. The Bertz CT molecular complexity index is 846. The first-order valence-corrected chi connectivity index (χ1v) is 10.3. The highest BCUT2D eigenvalue weighted by atomic mass is 16.7. The molecular weight excluding hydrogens is 382 g/mol. The Morgan fingerprint density at radius 1 is 1.07 bits per heavy atom. The molecule has 0 bridgehead atoms. The molecule has 0 unspecified atom stereocenters. The van der Waals surface area contributed by atoms with Crippen molar-refractivity contribution in [3.05, 3.63) is 59.7 Å². The molecule has 0 aliphatic heterocycles. The molecule has 0 spiro atoms. The van der Waals surface area contributed by atoms with Crippen molar-refractivity contribution in [3.63, 3.8) is 0 Å². The van der Waals surface area contributed by atoms with Crippen LogP contribution in [0.3, 0.4) is 0 Å². The minimum atomic E-state index is -0.826. The van der Waals surface area contributed by atoms with Crippen molar-refractivity contribution in [1.29, 1.82) is 0 Å². The highest BCUT2D eigenvalue weighted by molar-refractivity contribution is 5.95. The smallest absolute Gasteiger partial charge is 0.391 e. The van der Waals surface area contributed by atoms with Gasteiger partial charge in [-0.3, -0.25) is 4.79 Å². The molecule has 2 aromatic carbocycles. The van der Waals surface area contributed by atoms with Gasteiger partial charge in [0.05, 0.1) is 18.7 Å². The second-order valence-electron chi connectivity index (χ2n) is 7.60. The van der Waals surface area contributed by atoms with Crippen LogP contribution in [0.1, 0.15) is 42.6 Å². The number of amides is 2. The summed E-state index contributed by atoms with van der Waals surface area (Å²) in [6.07, 6.45) is 1.53. The number of aliphatic hydroxyl groups excluding tert-OH is 1. The molecule has 1 aliphatic carbocycles. The van der Waals surface area contributed by atoms with Gasteiger partial charge in [0.1, 0.15) is 0 Å². The minimum absolute atomic E-state index is 0.0867. The van der Waals surface area contributed by atoms with Gasteiger partial charge in [-0.2, -0.15) is 0 Å². The maximum absolute atomic E-state index is 12.6. The number of hydroxylamine groups is 1. The van der Waals surface area contributed by atoms with Crippen LogP contribution in [0.5, 0.6) is 0 Å². The monoisotopic (exact) mass is 411 g/mol. The van der Waals surface area contributed by atoms with Gasteiger partial charge in [0.2, 0.25) is 0 Å². The molecule has 4 N–H and O–H groups in total. The minimum Gasteiger partial charge on any atom is -0.391 e. The molecule has 7 heteroatoms. The van der Waals surface area contributed by atoms with Gasteiger partial charge in [-0.05, 0) is 55.0 Å². The number of rotatable bonds is 9. The van der Waals surface area contributed by atoms with Crippen molar-refractivity contribution in [2.45, 2.75) is 51.3 Å². The lowest BCUT2D eigenvalue weighted by Crippen LogP contribution is -2.49. The Hall–Kier alpha value is -2.90. The SMILES string of the molecule is CCc1ccc(-c2ccc(C(=O)N[C@H](CNOC(=O)NC3CC3)[C@@H](C)O)cc2)cc1. The van der Waals surface area contributed by atoms with Crippen LogP contribution < -0.4 is 16.1 Å². The zero-order chi connectivity index (χ0) is 21.5. The third-order valence-corrected chi connectivity index (χ3v) is 5.11. The zero-order valence-corrected chi connectivity index (χ0v) is 17.4. The second kappa shape index (κ2) is 10.2. The average molecular weight is 412 g/mol. The van der Waals surface area contributed by atoms with E-state index in [9.17, 15) is 14.7 Å². The lowest BCUT2D eigenvalue weighted by molar-refractivity contribution is 0.0613. The molecule has 0 radical (unpaired) electrons. The number of benzene rings is 2. The van der Waals surface area contributed by atoms with Crippen molar-refractivity contribution in [1.82, 2.24) is 16.1 Å². The highest BCUT2D eigenvalue weighted by Gasteiger charge is 2.24. The third-order valence-electron chi connectivity index (χ3n) is 5.11. The zero-order valence-electron chi connectivity index (χ0n) is 17.4. The maximum Gasteiger partial charge on any atom is 0.426 e. The Labute approximate surface area is 176 Å². The van der Waals surface area contributed by atoms with Crippen molar-refractivity contribution < 1.29 is 19.5 Å². The van der Waals surface area contributed by atoms with E-state index in [0.29, 0.717) is 5.56 Å². The predicted octanol–water partition coefficient (Wildman–Crippen LogP) is 2.79. The number of hydrogen-bond donors (Lipinski definition) is 4. The third kappa shape index (κ3) is 6.30. The highest BCUT2D eigenvalue weighted by Crippen LogP contribution is 2.21. The van der Waals surface area contributed by atoms with E-state index in [-0.39, 0.29) is 18.5 Å². The molecule has 2 atom stereocenters. The van der Waals surface area contributed by atoms with Gasteiger partial charge in [0.15, 0.2) is 0 Å². The maximum atomic E-state index is 12.6. The van der Waals surface area contributed by atoms with Gasteiger partial charge in [0, 0.05) is 11.6 Å². The number of nitrogens with one attached hydrogen (secondary N) is 3. The van der Waals surface area contributed by atoms with E-state index in [1.807, 2.05) is 12.1 Å². The molecule has 2 aromatic rings. The molecule has 0 aromatic heterocycles. The van der Waals surface area contributed by atoms with Crippen LogP contribution in [-0.4, -0.2) is 41.8 Å². The number of aryl methyl sites for hydroxylation is 1.